The van der Waals surface area contributed by atoms with Gasteiger partial charge in [0.05, 0.1) is 30.2 Å². The molecule has 0 spiro atoms. The van der Waals surface area contributed by atoms with E-state index in [1.54, 1.807) is 16.6 Å². The molecule has 1 amide bonds. The Morgan fingerprint density at radius 2 is 2.14 bits per heavy atom. The number of fused-ring (bicyclic) bond motifs is 3. The number of likely N-dealkylation sites (N-methyl/N-ethyl adjacent to an activating group) is 1. The summed E-state index contributed by atoms with van der Waals surface area (Å²) < 4.78 is 27.3. The van der Waals surface area contributed by atoms with Crippen molar-refractivity contribution in [3.63, 3.8) is 0 Å². The molecule has 154 valence electrons. The van der Waals surface area contributed by atoms with Crippen molar-refractivity contribution >= 4 is 44.5 Å². The summed E-state index contributed by atoms with van der Waals surface area (Å²) >= 11 is 5.64. The molecule has 1 fully saturated rings. The summed E-state index contributed by atoms with van der Waals surface area (Å²) in [7, 11) is -1.21. The number of hydrogen-bond donors (Lipinski definition) is 1. The number of benzene rings is 1. The van der Waals surface area contributed by atoms with Gasteiger partial charge < -0.3 is 5.32 Å². The largest absolute Gasteiger partial charge is 0.351 e. The molecule has 29 heavy (non-hydrogen) atoms. The van der Waals surface area contributed by atoms with Gasteiger partial charge in [-0.1, -0.05) is 18.2 Å². The van der Waals surface area contributed by atoms with Gasteiger partial charge in [-0.2, -0.15) is 5.10 Å². The molecule has 1 atom stereocenters. The highest BCUT2D eigenvalue weighted by molar-refractivity contribution is 7.91. The predicted molar refractivity (Wildman–Crippen MR) is 114 cm³/mol. The summed E-state index contributed by atoms with van der Waals surface area (Å²) in [5, 5.41) is 8.54. The van der Waals surface area contributed by atoms with Crippen LogP contribution in [0.1, 0.15) is 12.0 Å². The number of carbonyl (C=O) groups is 1. The Morgan fingerprint density at radius 1 is 1.38 bits per heavy atom. The monoisotopic (exact) mass is 433 g/mol. The van der Waals surface area contributed by atoms with Crippen LogP contribution in [0.2, 0.25) is 0 Å². The fourth-order valence-electron chi connectivity index (χ4n) is 3.82. The lowest BCUT2D eigenvalue weighted by atomic mass is 10.1. The number of rotatable bonds is 5. The minimum Gasteiger partial charge on any atom is -0.351 e. The van der Waals surface area contributed by atoms with Gasteiger partial charge in [0, 0.05) is 11.4 Å². The van der Waals surface area contributed by atoms with Crippen molar-refractivity contribution in [3.05, 3.63) is 40.7 Å². The van der Waals surface area contributed by atoms with Crippen LogP contribution < -0.4 is 5.32 Å². The quantitative estimate of drug-likeness (QED) is 0.614. The maximum absolute atomic E-state index is 12.3. The number of pyridine rings is 1. The van der Waals surface area contributed by atoms with E-state index in [4.69, 9.17) is 12.2 Å². The molecule has 1 aliphatic rings. The molecule has 0 bridgehead atoms. The van der Waals surface area contributed by atoms with Gasteiger partial charge in [0.2, 0.25) is 10.7 Å². The van der Waals surface area contributed by atoms with Gasteiger partial charge in [0.1, 0.15) is 0 Å². The van der Waals surface area contributed by atoms with E-state index in [0.29, 0.717) is 17.9 Å². The Morgan fingerprint density at radius 3 is 2.86 bits per heavy atom. The number of para-hydroxylation sites is 1. The first-order chi connectivity index (χ1) is 13.7. The second-order valence-corrected chi connectivity index (χ2v) is 10.2. The van der Waals surface area contributed by atoms with Crippen LogP contribution in [0.25, 0.3) is 16.6 Å². The second-order valence-electron chi connectivity index (χ2n) is 7.64. The number of aryl methyl sites for hydroxylation is 1. The number of amides is 1. The average molecular weight is 434 g/mol. The molecule has 2 aromatic heterocycles. The Bertz CT molecular complexity index is 1260. The Hall–Kier alpha value is -2.30. The number of carbonyl (C=O) groups excluding carboxylic acids is 1. The Labute approximate surface area is 174 Å². The van der Waals surface area contributed by atoms with E-state index in [0.717, 1.165) is 22.1 Å². The molecule has 4 rings (SSSR count). The minimum absolute atomic E-state index is 0.0202. The van der Waals surface area contributed by atoms with Crippen LogP contribution in [0.3, 0.4) is 0 Å². The molecule has 8 nitrogen and oxygen atoms in total. The number of nitrogens with zero attached hydrogens (tertiary/aromatic N) is 4. The van der Waals surface area contributed by atoms with Gasteiger partial charge in [0.25, 0.3) is 0 Å². The molecule has 1 unspecified atom stereocenters. The van der Waals surface area contributed by atoms with Crippen molar-refractivity contribution in [1.29, 1.82) is 0 Å². The highest BCUT2D eigenvalue weighted by Crippen LogP contribution is 2.21. The SMILES string of the molecule is Cc1cc2nn(CN(C)CC(=O)NC3CCS(=O)(=O)C3)c(=S)n2c2ccccc12. The van der Waals surface area contributed by atoms with Crippen LogP contribution in [-0.4, -0.2) is 64.5 Å². The number of sulfone groups is 1. The summed E-state index contributed by atoms with van der Waals surface area (Å²) in [4.78, 5) is 14.1. The molecule has 1 N–H and O–H groups in total. The lowest BCUT2D eigenvalue weighted by Gasteiger charge is -2.17. The number of nitrogens with one attached hydrogen (secondary N) is 1. The van der Waals surface area contributed by atoms with Crippen molar-refractivity contribution in [3.8, 4) is 0 Å². The van der Waals surface area contributed by atoms with Crippen LogP contribution in [0.5, 0.6) is 0 Å². The van der Waals surface area contributed by atoms with Crippen molar-refractivity contribution < 1.29 is 13.2 Å². The van der Waals surface area contributed by atoms with E-state index in [1.807, 2.05) is 35.6 Å². The lowest BCUT2D eigenvalue weighted by molar-refractivity contribution is -0.122. The summed E-state index contributed by atoms with van der Waals surface area (Å²) in [6.45, 7) is 2.53. The molecule has 1 saturated heterocycles. The molecule has 3 heterocycles. The van der Waals surface area contributed by atoms with E-state index in [1.165, 1.54) is 0 Å². The van der Waals surface area contributed by atoms with Gasteiger partial charge >= 0.3 is 0 Å². The van der Waals surface area contributed by atoms with Crippen LogP contribution in [0.4, 0.5) is 0 Å². The Kier molecular flexibility index (Phi) is 5.18. The van der Waals surface area contributed by atoms with Crippen molar-refractivity contribution in [1.82, 2.24) is 24.4 Å². The molecule has 10 heteroatoms. The lowest BCUT2D eigenvalue weighted by Crippen LogP contribution is -2.42. The molecular weight excluding hydrogens is 410 g/mol. The normalized spacial score (nSPS) is 18.7. The zero-order valence-corrected chi connectivity index (χ0v) is 18.0. The first-order valence-corrected chi connectivity index (χ1v) is 11.6. The van der Waals surface area contributed by atoms with E-state index < -0.39 is 9.84 Å². The third kappa shape index (κ3) is 4.05. The molecule has 0 aliphatic carbocycles. The highest BCUT2D eigenvalue weighted by Gasteiger charge is 2.29. The maximum Gasteiger partial charge on any atom is 0.234 e. The topological polar surface area (TPSA) is 88.7 Å². The number of hydrogen-bond acceptors (Lipinski definition) is 6. The molecule has 1 aliphatic heterocycles. The van der Waals surface area contributed by atoms with Gasteiger partial charge in [-0.3, -0.25) is 14.1 Å². The van der Waals surface area contributed by atoms with Crippen molar-refractivity contribution in [2.45, 2.75) is 26.1 Å². The van der Waals surface area contributed by atoms with E-state index in [2.05, 4.69) is 16.5 Å². The first kappa shape index (κ1) is 20.0. The van der Waals surface area contributed by atoms with Crippen molar-refractivity contribution in [2.75, 3.05) is 25.1 Å². The molecule has 0 radical (unpaired) electrons. The average Bonchev–Trinajstić information content (AvgIpc) is 3.14. The number of aromatic nitrogens is 3. The van der Waals surface area contributed by atoms with Crippen LogP contribution in [0, 0.1) is 11.7 Å². The van der Waals surface area contributed by atoms with Crippen LogP contribution in [-0.2, 0) is 21.3 Å². The third-order valence-corrected chi connectivity index (χ3v) is 7.33. The van der Waals surface area contributed by atoms with Gasteiger partial charge in [-0.15, -0.1) is 0 Å². The smallest absolute Gasteiger partial charge is 0.234 e. The first-order valence-electron chi connectivity index (χ1n) is 9.40. The van der Waals surface area contributed by atoms with Crippen LogP contribution >= 0.6 is 12.2 Å². The Balaban J connectivity index is 1.50. The zero-order chi connectivity index (χ0) is 20.8. The van der Waals surface area contributed by atoms with Crippen LogP contribution in [0.15, 0.2) is 30.3 Å². The summed E-state index contributed by atoms with van der Waals surface area (Å²) in [5.41, 5.74) is 2.89. The maximum atomic E-state index is 12.3. The van der Waals surface area contributed by atoms with E-state index in [-0.39, 0.29) is 30.0 Å². The molecule has 0 saturated carbocycles. The second kappa shape index (κ2) is 7.51. The standard InChI is InChI=1S/C19H23N5O3S2/c1-13-9-17-21-23(19(28)24(17)16-6-4-3-5-15(13)16)12-22(2)10-18(25)20-14-7-8-29(26,27)11-14/h3-6,9,14H,7-8,10-12H2,1-2H3,(H,20,25). The summed E-state index contributed by atoms with van der Waals surface area (Å²) in [6.07, 6.45) is 0.474. The fourth-order valence-corrected chi connectivity index (χ4v) is 5.78. The minimum atomic E-state index is -3.02. The van der Waals surface area contributed by atoms with E-state index in [9.17, 15) is 13.2 Å². The van der Waals surface area contributed by atoms with Gasteiger partial charge in [0.15, 0.2) is 15.5 Å². The zero-order valence-electron chi connectivity index (χ0n) is 16.3. The van der Waals surface area contributed by atoms with Crippen molar-refractivity contribution in [2.24, 2.45) is 0 Å². The highest BCUT2D eigenvalue weighted by atomic mass is 32.2. The fraction of sp³-hybridized carbons (Fsp3) is 0.421. The van der Waals surface area contributed by atoms with Gasteiger partial charge in [-0.05, 0) is 50.3 Å². The summed E-state index contributed by atoms with van der Waals surface area (Å²) in [5.74, 6) is -0.0459. The van der Waals surface area contributed by atoms with Gasteiger partial charge in [-0.25, -0.2) is 13.1 Å². The summed E-state index contributed by atoms with van der Waals surface area (Å²) in [6, 6.07) is 9.75. The van der Waals surface area contributed by atoms with E-state index >= 15 is 0 Å². The third-order valence-electron chi connectivity index (χ3n) is 5.17. The molecule has 1 aromatic carbocycles. The predicted octanol–water partition coefficient (Wildman–Crippen LogP) is 1.52. The molecular formula is C19H23N5O3S2. The molecule has 3 aromatic rings.